The molecule has 1 aromatic carbocycles. The fourth-order valence-corrected chi connectivity index (χ4v) is 1.18. The molecule has 1 rings (SSSR count). The van der Waals surface area contributed by atoms with E-state index in [9.17, 15) is 18.0 Å². The number of hydrogen-bond donors (Lipinski definition) is 1. The third-order valence-corrected chi connectivity index (χ3v) is 2.03. The first-order valence-corrected chi connectivity index (χ1v) is 5.21. The van der Waals surface area contributed by atoms with Gasteiger partial charge >= 0.3 is 6.18 Å². The van der Waals surface area contributed by atoms with Gasteiger partial charge in [0.1, 0.15) is 0 Å². The molecule has 5 heteroatoms. The first-order chi connectivity index (χ1) is 8.43. The van der Waals surface area contributed by atoms with E-state index in [2.05, 4.69) is 5.32 Å². The number of anilines is 1. The average molecular weight is 255 g/mol. The summed E-state index contributed by atoms with van der Waals surface area (Å²) in [5.41, 5.74) is -0.428. The van der Waals surface area contributed by atoms with Crippen LogP contribution < -0.4 is 5.32 Å². The molecule has 0 heterocycles. The second-order valence-corrected chi connectivity index (χ2v) is 3.45. The van der Waals surface area contributed by atoms with E-state index in [0.717, 1.165) is 12.1 Å². The molecule has 0 spiro atoms. The van der Waals surface area contributed by atoms with E-state index in [1.807, 2.05) is 0 Å². The third kappa shape index (κ3) is 4.45. The van der Waals surface area contributed by atoms with Crippen LogP contribution in [0.1, 0.15) is 12.5 Å². The molecule has 0 radical (unpaired) electrons. The van der Waals surface area contributed by atoms with Crippen molar-refractivity contribution < 1.29 is 18.0 Å². The van der Waals surface area contributed by atoms with E-state index >= 15 is 0 Å². The van der Waals surface area contributed by atoms with E-state index < -0.39 is 17.6 Å². The molecular formula is C13H12F3NO. The monoisotopic (exact) mass is 255 g/mol. The molecular weight excluding hydrogens is 243 g/mol. The summed E-state index contributed by atoms with van der Waals surface area (Å²) in [7, 11) is 0. The van der Waals surface area contributed by atoms with Crippen LogP contribution in [0, 0.1) is 0 Å². The second-order valence-electron chi connectivity index (χ2n) is 3.45. The van der Waals surface area contributed by atoms with Crippen molar-refractivity contribution in [3.05, 3.63) is 54.1 Å². The lowest BCUT2D eigenvalue weighted by Gasteiger charge is -2.07. The molecule has 1 N–H and O–H groups in total. The number of allylic oxidation sites excluding steroid dienone is 3. The van der Waals surface area contributed by atoms with Crippen molar-refractivity contribution in [3.8, 4) is 0 Å². The maximum absolute atomic E-state index is 12.3. The van der Waals surface area contributed by atoms with Crippen molar-refractivity contribution in [2.45, 2.75) is 13.1 Å². The van der Waals surface area contributed by atoms with E-state index in [1.54, 1.807) is 25.2 Å². The number of carbonyl (C=O) groups excluding carboxylic acids is 1. The van der Waals surface area contributed by atoms with Gasteiger partial charge in [0.15, 0.2) is 0 Å². The van der Waals surface area contributed by atoms with Gasteiger partial charge in [-0.3, -0.25) is 4.79 Å². The molecule has 0 atom stereocenters. The summed E-state index contributed by atoms with van der Waals surface area (Å²) in [6.45, 7) is 1.80. The number of benzene rings is 1. The Morgan fingerprint density at radius 1 is 1.17 bits per heavy atom. The quantitative estimate of drug-likeness (QED) is 0.646. The fourth-order valence-electron chi connectivity index (χ4n) is 1.18. The first kappa shape index (κ1) is 14.0. The van der Waals surface area contributed by atoms with Crippen LogP contribution in [0.2, 0.25) is 0 Å². The van der Waals surface area contributed by atoms with Crippen LogP contribution in [0.3, 0.4) is 0 Å². The van der Waals surface area contributed by atoms with Crippen molar-refractivity contribution in [2.24, 2.45) is 0 Å². The van der Waals surface area contributed by atoms with Crippen molar-refractivity contribution in [3.63, 3.8) is 0 Å². The van der Waals surface area contributed by atoms with Gasteiger partial charge in [0.2, 0.25) is 5.91 Å². The Morgan fingerprint density at radius 2 is 1.78 bits per heavy atom. The van der Waals surface area contributed by atoms with Gasteiger partial charge < -0.3 is 5.32 Å². The summed E-state index contributed by atoms with van der Waals surface area (Å²) in [5.74, 6) is -0.396. The van der Waals surface area contributed by atoms with Crippen molar-refractivity contribution in [2.75, 3.05) is 5.32 Å². The Bertz CT molecular complexity index is 458. The zero-order chi connectivity index (χ0) is 13.6. The van der Waals surface area contributed by atoms with Gasteiger partial charge in [0.05, 0.1) is 5.56 Å². The van der Waals surface area contributed by atoms with Crippen LogP contribution >= 0.6 is 0 Å². The summed E-state index contributed by atoms with van der Waals surface area (Å²) < 4.78 is 36.8. The van der Waals surface area contributed by atoms with E-state index in [1.165, 1.54) is 18.2 Å². The Labute approximate surface area is 103 Å². The highest BCUT2D eigenvalue weighted by Crippen LogP contribution is 2.29. The maximum Gasteiger partial charge on any atom is 0.416 e. The lowest BCUT2D eigenvalue weighted by molar-refractivity contribution is -0.137. The molecule has 0 aliphatic carbocycles. The second kappa shape index (κ2) is 6.05. The zero-order valence-electron chi connectivity index (χ0n) is 9.66. The zero-order valence-corrected chi connectivity index (χ0v) is 9.66. The highest BCUT2D eigenvalue weighted by Gasteiger charge is 2.29. The summed E-state index contributed by atoms with van der Waals surface area (Å²) in [6, 6.07) is 4.27. The standard InChI is InChI=1S/C13H12F3NO/c1-2-3-4-5-12(18)17-11-8-6-10(7-9-11)13(14,15)16/h2-9H,1H3,(H,17,18)/b3-2+,5-4+. The van der Waals surface area contributed by atoms with Crippen LogP contribution in [0.15, 0.2) is 48.6 Å². The predicted octanol–water partition coefficient (Wildman–Crippen LogP) is 3.78. The summed E-state index contributed by atoms with van der Waals surface area (Å²) in [6.07, 6.45) is 1.89. The predicted molar refractivity (Wildman–Crippen MR) is 64.0 cm³/mol. The number of amides is 1. The van der Waals surface area contributed by atoms with Gasteiger partial charge in [-0.25, -0.2) is 0 Å². The number of rotatable bonds is 3. The molecule has 18 heavy (non-hydrogen) atoms. The fraction of sp³-hybridized carbons (Fsp3) is 0.154. The van der Waals surface area contributed by atoms with Gasteiger partial charge in [0.25, 0.3) is 0 Å². The average Bonchev–Trinajstić information content (AvgIpc) is 2.29. The van der Waals surface area contributed by atoms with Crippen LogP contribution in [-0.4, -0.2) is 5.91 Å². The van der Waals surface area contributed by atoms with E-state index in [4.69, 9.17) is 0 Å². The molecule has 0 fully saturated rings. The molecule has 96 valence electrons. The molecule has 0 saturated heterocycles. The Balaban J connectivity index is 2.67. The SMILES string of the molecule is C/C=C/C=C/C(=O)Nc1ccc(C(F)(F)F)cc1. The number of alkyl halides is 3. The topological polar surface area (TPSA) is 29.1 Å². The van der Waals surface area contributed by atoms with Crippen LogP contribution in [0.25, 0.3) is 0 Å². The highest BCUT2D eigenvalue weighted by atomic mass is 19.4. The van der Waals surface area contributed by atoms with Gasteiger partial charge in [0, 0.05) is 11.8 Å². The minimum absolute atomic E-state index is 0.318. The highest BCUT2D eigenvalue weighted by molar-refractivity contribution is 5.99. The normalized spacial score (nSPS) is 12.2. The van der Waals surface area contributed by atoms with E-state index in [-0.39, 0.29) is 0 Å². The van der Waals surface area contributed by atoms with Gasteiger partial charge in [-0.15, -0.1) is 0 Å². The lowest BCUT2D eigenvalue weighted by atomic mass is 10.2. The molecule has 0 aliphatic heterocycles. The first-order valence-electron chi connectivity index (χ1n) is 5.21. The molecule has 0 aromatic heterocycles. The molecule has 0 aliphatic rings. The largest absolute Gasteiger partial charge is 0.416 e. The number of carbonyl (C=O) groups is 1. The number of hydrogen-bond acceptors (Lipinski definition) is 1. The molecule has 0 saturated carbocycles. The summed E-state index contributed by atoms with van der Waals surface area (Å²) in [4.78, 5) is 11.3. The minimum Gasteiger partial charge on any atom is -0.323 e. The van der Waals surface area contributed by atoms with Gasteiger partial charge in [-0.1, -0.05) is 18.2 Å². The molecule has 0 bridgehead atoms. The Morgan fingerprint density at radius 3 is 2.28 bits per heavy atom. The summed E-state index contributed by atoms with van der Waals surface area (Å²) in [5, 5.41) is 2.45. The minimum atomic E-state index is -4.37. The van der Waals surface area contributed by atoms with Crippen molar-refractivity contribution in [1.82, 2.24) is 0 Å². The van der Waals surface area contributed by atoms with Gasteiger partial charge in [-0.05, 0) is 31.2 Å². The van der Waals surface area contributed by atoms with E-state index in [0.29, 0.717) is 5.69 Å². The molecule has 2 nitrogen and oxygen atoms in total. The third-order valence-electron chi connectivity index (χ3n) is 2.03. The molecule has 0 unspecified atom stereocenters. The molecule has 1 aromatic rings. The van der Waals surface area contributed by atoms with Gasteiger partial charge in [-0.2, -0.15) is 13.2 Å². The van der Waals surface area contributed by atoms with Crippen LogP contribution in [-0.2, 0) is 11.0 Å². The Kier molecular flexibility index (Phi) is 4.71. The number of nitrogens with one attached hydrogen (secondary N) is 1. The summed E-state index contributed by atoms with van der Waals surface area (Å²) >= 11 is 0. The smallest absolute Gasteiger partial charge is 0.323 e. The number of halogens is 3. The maximum atomic E-state index is 12.3. The van der Waals surface area contributed by atoms with Crippen LogP contribution in [0.5, 0.6) is 0 Å². The van der Waals surface area contributed by atoms with Crippen LogP contribution in [0.4, 0.5) is 18.9 Å². The van der Waals surface area contributed by atoms with Crippen molar-refractivity contribution in [1.29, 1.82) is 0 Å². The Hall–Kier alpha value is -2.04. The lowest BCUT2D eigenvalue weighted by Crippen LogP contribution is -2.09. The molecule has 1 amide bonds. The van der Waals surface area contributed by atoms with Crippen molar-refractivity contribution >= 4 is 11.6 Å².